The lowest BCUT2D eigenvalue weighted by molar-refractivity contribution is -0.125. The lowest BCUT2D eigenvalue weighted by atomic mass is 10.2. The molecule has 0 N–H and O–H groups in total. The van der Waals surface area contributed by atoms with Gasteiger partial charge in [0.25, 0.3) is 0 Å². The van der Waals surface area contributed by atoms with Gasteiger partial charge in [0.1, 0.15) is 0 Å². The zero-order chi connectivity index (χ0) is 16.6. The van der Waals surface area contributed by atoms with Crippen LogP contribution in [0.2, 0.25) is 0 Å². The predicted molar refractivity (Wildman–Crippen MR) is 98.4 cm³/mol. The molecule has 1 aliphatic heterocycles. The topological polar surface area (TPSA) is 23.6 Å². The number of hydrogen-bond acceptors (Lipinski definition) is 2. The average molecular weight is 320 g/mol. The first-order chi connectivity index (χ1) is 11.8. The minimum absolute atomic E-state index is 0.111. The van der Waals surface area contributed by atoms with Crippen molar-refractivity contribution in [3.63, 3.8) is 0 Å². The molecular weight excluding hydrogens is 296 g/mol. The van der Waals surface area contributed by atoms with Gasteiger partial charge in [0, 0.05) is 38.8 Å². The van der Waals surface area contributed by atoms with E-state index in [4.69, 9.17) is 0 Å². The van der Waals surface area contributed by atoms with Crippen LogP contribution < -0.4 is 0 Å². The molecule has 1 saturated heterocycles. The van der Waals surface area contributed by atoms with Crippen molar-refractivity contribution in [2.75, 3.05) is 26.2 Å². The van der Waals surface area contributed by atoms with Crippen LogP contribution in [0.25, 0.3) is 6.08 Å². The van der Waals surface area contributed by atoms with E-state index in [0.29, 0.717) is 0 Å². The summed E-state index contributed by atoms with van der Waals surface area (Å²) in [7, 11) is 0. The Morgan fingerprint density at radius 2 is 1.58 bits per heavy atom. The number of nitrogens with zero attached hydrogens (tertiary/aromatic N) is 2. The molecule has 0 radical (unpaired) electrons. The molecule has 0 atom stereocenters. The van der Waals surface area contributed by atoms with Crippen molar-refractivity contribution in [3.05, 3.63) is 77.9 Å². The van der Waals surface area contributed by atoms with E-state index in [1.165, 1.54) is 5.56 Å². The molecule has 1 amide bonds. The quantitative estimate of drug-likeness (QED) is 0.806. The van der Waals surface area contributed by atoms with Gasteiger partial charge in [0.2, 0.25) is 5.91 Å². The fraction of sp³-hybridized carbons (Fsp3) is 0.286. The van der Waals surface area contributed by atoms with Crippen LogP contribution in [-0.4, -0.2) is 41.9 Å². The van der Waals surface area contributed by atoms with E-state index in [1.54, 1.807) is 6.08 Å². The normalized spacial score (nSPS) is 16.2. The van der Waals surface area contributed by atoms with Gasteiger partial charge in [0.05, 0.1) is 0 Å². The number of benzene rings is 2. The Kier molecular flexibility index (Phi) is 5.80. The number of carbonyl (C=O) groups is 1. The van der Waals surface area contributed by atoms with Gasteiger partial charge in [-0.3, -0.25) is 9.69 Å². The first-order valence-electron chi connectivity index (χ1n) is 8.59. The molecule has 2 aromatic rings. The lowest BCUT2D eigenvalue weighted by Gasteiger charge is -2.21. The summed E-state index contributed by atoms with van der Waals surface area (Å²) < 4.78 is 0. The van der Waals surface area contributed by atoms with Crippen LogP contribution in [-0.2, 0) is 11.3 Å². The van der Waals surface area contributed by atoms with E-state index in [1.807, 2.05) is 47.4 Å². The predicted octanol–water partition coefficient (Wildman–Crippen LogP) is 3.43. The summed E-state index contributed by atoms with van der Waals surface area (Å²) in [5.41, 5.74) is 2.40. The lowest BCUT2D eigenvalue weighted by Crippen LogP contribution is -2.34. The first kappa shape index (κ1) is 16.5. The molecule has 1 fully saturated rings. The minimum atomic E-state index is 0.111. The highest BCUT2D eigenvalue weighted by Gasteiger charge is 2.17. The maximum Gasteiger partial charge on any atom is 0.246 e. The smallest absolute Gasteiger partial charge is 0.246 e. The molecule has 124 valence electrons. The van der Waals surface area contributed by atoms with Crippen LogP contribution in [0.15, 0.2) is 66.7 Å². The first-order valence-corrected chi connectivity index (χ1v) is 8.59. The Morgan fingerprint density at radius 1 is 0.875 bits per heavy atom. The van der Waals surface area contributed by atoms with Crippen LogP contribution in [0.1, 0.15) is 17.5 Å². The van der Waals surface area contributed by atoms with Crippen LogP contribution in [0.5, 0.6) is 0 Å². The van der Waals surface area contributed by atoms with E-state index in [2.05, 4.69) is 29.2 Å². The molecule has 3 rings (SSSR count). The summed E-state index contributed by atoms with van der Waals surface area (Å²) in [5.74, 6) is 0.111. The average Bonchev–Trinajstić information content (AvgIpc) is 2.87. The molecule has 0 bridgehead atoms. The Hall–Kier alpha value is -2.39. The van der Waals surface area contributed by atoms with Crippen LogP contribution in [0.3, 0.4) is 0 Å². The summed E-state index contributed by atoms with van der Waals surface area (Å²) >= 11 is 0. The van der Waals surface area contributed by atoms with Crippen molar-refractivity contribution in [2.45, 2.75) is 13.0 Å². The van der Waals surface area contributed by atoms with E-state index in [0.717, 1.165) is 44.7 Å². The van der Waals surface area contributed by atoms with Crippen molar-refractivity contribution in [2.24, 2.45) is 0 Å². The molecule has 0 aromatic heterocycles. The van der Waals surface area contributed by atoms with Gasteiger partial charge in [0.15, 0.2) is 0 Å². The standard InChI is InChI=1S/C21H24N2O/c24-21(13-12-19-8-3-1-4-9-19)23-15-7-14-22(16-17-23)18-20-10-5-2-6-11-20/h1-6,8-13H,7,14-18H2/b13-12+. The van der Waals surface area contributed by atoms with E-state index >= 15 is 0 Å². The third-order valence-corrected chi connectivity index (χ3v) is 4.37. The van der Waals surface area contributed by atoms with Crippen LogP contribution in [0.4, 0.5) is 0 Å². The monoisotopic (exact) mass is 320 g/mol. The van der Waals surface area contributed by atoms with E-state index in [9.17, 15) is 4.79 Å². The van der Waals surface area contributed by atoms with Crippen molar-refractivity contribution < 1.29 is 4.79 Å². The Balaban J connectivity index is 1.53. The van der Waals surface area contributed by atoms with Crippen molar-refractivity contribution in [1.82, 2.24) is 9.80 Å². The van der Waals surface area contributed by atoms with E-state index in [-0.39, 0.29) is 5.91 Å². The second kappa shape index (κ2) is 8.46. The Bertz CT molecular complexity index is 667. The Morgan fingerprint density at radius 3 is 2.33 bits per heavy atom. The summed E-state index contributed by atoms with van der Waals surface area (Å²) in [5, 5.41) is 0. The van der Waals surface area contributed by atoms with Crippen LogP contribution in [0, 0.1) is 0 Å². The second-order valence-electron chi connectivity index (χ2n) is 6.18. The Labute approximate surface area is 144 Å². The molecular formula is C21H24N2O. The molecule has 2 aromatic carbocycles. The summed E-state index contributed by atoms with van der Waals surface area (Å²) in [6.07, 6.45) is 4.62. The molecule has 3 nitrogen and oxygen atoms in total. The summed E-state index contributed by atoms with van der Waals surface area (Å²) in [6, 6.07) is 20.5. The van der Waals surface area contributed by atoms with Gasteiger partial charge < -0.3 is 4.90 Å². The molecule has 1 aliphatic rings. The maximum absolute atomic E-state index is 12.4. The maximum atomic E-state index is 12.4. The molecule has 1 heterocycles. The summed E-state index contributed by atoms with van der Waals surface area (Å²) in [6.45, 7) is 4.57. The van der Waals surface area contributed by atoms with Gasteiger partial charge in [-0.2, -0.15) is 0 Å². The molecule has 0 aliphatic carbocycles. The number of hydrogen-bond donors (Lipinski definition) is 0. The largest absolute Gasteiger partial charge is 0.338 e. The van der Waals surface area contributed by atoms with Crippen molar-refractivity contribution >= 4 is 12.0 Å². The fourth-order valence-corrected chi connectivity index (χ4v) is 3.03. The van der Waals surface area contributed by atoms with Gasteiger partial charge in [-0.25, -0.2) is 0 Å². The molecule has 0 unspecified atom stereocenters. The number of amides is 1. The van der Waals surface area contributed by atoms with Crippen LogP contribution >= 0.6 is 0 Å². The molecule has 0 spiro atoms. The van der Waals surface area contributed by atoms with Crippen molar-refractivity contribution in [3.8, 4) is 0 Å². The summed E-state index contributed by atoms with van der Waals surface area (Å²) in [4.78, 5) is 16.8. The van der Waals surface area contributed by atoms with Gasteiger partial charge in [-0.05, 0) is 23.6 Å². The van der Waals surface area contributed by atoms with Crippen molar-refractivity contribution in [1.29, 1.82) is 0 Å². The molecule has 0 saturated carbocycles. The number of carbonyl (C=O) groups excluding carboxylic acids is 1. The zero-order valence-corrected chi connectivity index (χ0v) is 14.0. The third kappa shape index (κ3) is 4.80. The zero-order valence-electron chi connectivity index (χ0n) is 14.0. The van der Waals surface area contributed by atoms with Gasteiger partial charge >= 0.3 is 0 Å². The molecule has 3 heteroatoms. The third-order valence-electron chi connectivity index (χ3n) is 4.37. The van der Waals surface area contributed by atoms with Gasteiger partial charge in [-0.1, -0.05) is 60.7 Å². The minimum Gasteiger partial charge on any atom is -0.338 e. The van der Waals surface area contributed by atoms with Gasteiger partial charge in [-0.15, -0.1) is 0 Å². The molecule has 24 heavy (non-hydrogen) atoms. The highest BCUT2D eigenvalue weighted by Crippen LogP contribution is 2.10. The highest BCUT2D eigenvalue weighted by molar-refractivity contribution is 5.91. The highest BCUT2D eigenvalue weighted by atomic mass is 16.2. The number of rotatable bonds is 4. The fourth-order valence-electron chi connectivity index (χ4n) is 3.03. The second-order valence-corrected chi connectivity index (χ2v) is 6.18. The SMILES string of the molecule is O=C(/C=C/c1ccccc1)N1CCCN(Cc2ccccc2)CC1. The van der Waals surface area contributed by atoms with E-state index < -0.39 is 0 Å².